The number of carbonyl (C=O) groups is 1. The van der Waals surface area contributed by atoms with E-state index in [4.69, 9.17) is 4.74 Å². The van der Waals surface area contributed by atoms with E-state index in [0.29, 0.717) is 49.9 Å². The molecule has 1 N–H and O–H groups in total. The van der Waals surface area contributed by atoms with E-state index in [9.17, 15) is 13.2 Å². The highest BCUT2D eigenvalue weighted by atomic mass is 32.2. The van der Waals surface area contributed by atoms with Gasteiger partial charge in [0.15, 0.2) is 0 Å². The Bertz CT molecular complexity index is 843. The van der Waals surface area contributed by atoms with Crippen LogP contribution in [0.4, 0.5) is 0 Å². The molecular formula is C18H23N3O4S2. The number of rotatable bonds is 7. The summed E-state index contributed by atoms with van der Waals surface area (Å²) in [6, 6.07) is 10.1. The number of nitrogens with one attached hydrogen (secondary N) is 1. The minimum Gasteiger partial charge on any atom is -0.497 e. The first-order chi connectivity index (χ1) is 13.0. The average molecular weight is 410 g/mol. The third-order valence-electron chi connectivity index (χ3n) is 4.49. The Labute approximate surface area is 163 Å². The monoisotopic (exact) mass is 409 g/mol. The molecule has 1 aromatic heterocycles. The van der Waals surface area contributed by atoms with Crippen LogP contribution in [-0.4, -0.2) is 69.9 Å². The van der Waals surface area contributed by atoms with Gasteiger partial charge in [0, 0.05) is 39.3 Å². The lowest BCUT2D eigenvalue weighted by molar-refractivity contribution is 0.0949. The highest BCUT2D eigenvalue weighted by molar-refractivity contribution is 7.89. The van der Waals surface area contributed by atoms with Crippen LogP contribution in [0.15, 0.2) is 46.7 Å². The fourth-order valence-corrected chi connectivity index (χ4v) is 4.97. The van der Waals surface area contributed by atoms with Crippen LogP contribution < -0.4 is 10.1 Å². The Kier molecular flexibility index (Phi) is 6.48. The van der Waals surface area contributed by atoms with Crippen molar-refractivity contribution < 1.29 is 17.9 Å². The number of methoxy groups -OCH3 is 1. The van der Waals surface area contributed by atoms with E-state index in [1.165, 1.54) is 15.6 Å². The minimum absolute atomic E-state index is 0.0641. The van der Waals surface area contributed by atoms with Gasteiger partial charge in [-0.2, -0.15) is 4.31 Å². The molecule has 3 rings (SSSR count). The Morgan fingerprint density at radius 3 is 2.44 bits per heavy atom. The lowest BCUT2D eigenvalue weighted by Crippen LogP contribution is -2.50. The number of nitrogens with zero attached hydrogens (tertiary/aromatic N) is 2. The van der Waals surface area contributed by atoms with E-state index in [0.717, 1.165) is 0 Å². The second-order valence-corrected chi connectivity index (χ2v) is 9.04. The molecule has 0 aliphatic carbocycles. The molecular weight excluding hydrogens is 386 g/mol. The van der Waals surface area contributed by atoms with Gasteiger partial charge < -0.3 is 10.1 Å². The molecule has 1 fully saturated rings. The zero-order valence-electron chi connectivity index (χ0n) is 15.1. The summed E-state index contributed by atoms with van der Waals surface area (Å²) in [6.45, 7) is 3.41. The normalized spacial score (nSPS) is 16.2. The van der Waals surface area contributed by atoms with Gasteiger partial charge in [-0.1, -0.05) is 6.07 Å². The Morgan fingerprint density at radius 2 is 1.85 bits per heavy atom. The molecule has 1 aliphatic heterocycles. The molecule has 1 saturated heterocycles. The summed E-state index contributed by atoms with van der Waals surface area (Å²) in [5.74, 6) is 0.564. The molecule has 0 atom stereocenters. The molecule has 27 heavy (non-hydrogen) atoms. The number of carbonyl (C=O) groups excluding carboxylic acids is 1. The van der Waals surface area contributed by atoms with Crippen LogP contribution >= 0.6 is 11.3 Å². The summed E-state index contributed by atoms with van der Waals surface area (Å²) < 4.78 is 32.1. The smallest absolute Gasteiger partial charge is 0.261 e. The van der Waals surface area contributed by atoms with Crippen LogP contribution in [0.25, 0.3) is 0 Å². The summed E-state index contributed by atoms with van der Waals surface area (Å²) >= 11 is 1.41. The first-order valence-electron chi connectivity index (χ1n) is 8.69. The molecule has 0 bridgehead atoms. The first kappa shape index (κ1) is 19.8. The van der Waals surface area contributed by atoms with E-state index in [-0.39, 0.29) is 10.8 Å². The predicted octanol–water partition coefficient (Wildman–Crippen LogP) is 1.49. The average Bonchev–Trinajstić information content (AvgIpc) is 3.23. The summed E-state index contributed by atoms with van der Waals surface area (Å²) in [7, 11) is -1.94. The standard InChI is InChI=1S/C18H23N3O4S2/c1-25-15-4-6-16(7-5-15)27(23,24)21-12-10-20(11-13-21)9-8-19-18(22)17-3-2-14-26-17/h2-7,14H,8-13H2,1H3,(H,19,22). The second-order valence-electron chi connectivity index (χ2n) is 6.15. The van der Waals surface area contributed by atoms with Crippen molar-refractivity contribution in [1.29, 1.82) is 0 Å². The van der Waals surface area contributed by atoms with Crippen LogP contribution in [0.5, 0.6) is 5.75 Å². The number of amides is 1. The number of hydrogen-bond donors (Lipinski definition) is 1. The van der Waals surface area contributed by atoms with Crippen LogP contribution in [0.2, 0.25) is 0 Å². The molecule has 0 radical (unpaired) electrons. The minimum atomic E-state index is -3.49. The van der Waals surface area contributed by atoms with Crippen molar-refractivity contribution in [3.8, 4) is 5.75 Å². The molecule has 1 aliphatic rings. The van der Waals surface area contributed by atoms with Gasteiger partial charge in [-0.15, -0.1) is 11.3 Å². The maximum absolute atomic E-state index is 12.7. The lowest BCUT2D eigenvalue weighted by atomic mass is 10.3. The molecule has 9 heteroatoms. The third-order valence-corrected chi connectivity index (χ3v) is 7.27. The maximum atomic E-state index is 12.7. The second kappa shape index (κ2) is 8.83. The van der Waals surface area contributed by atoms with Crippen molar-refractivity contribution in [2.45, 2.75) is 4.90 Å². The van der Waals surface area contributed by atoms with E-state index in [1.54, 1.807) is 37.4 Å². The van der Waals surface area contributed by atoms with Crippen molar-refractivity contribution >= 4 is 27.3 Å². The number of thiophene rings is 1. The van der Waals surface area contributed by atoms with Gasteiger partial charge in [-0.25, -0.2) is 8.42 Å². The molecule has 0 spiro atoms. The van der Waals surface area contributed by atoms with E-state index in [1.807, 2.05) is 11.4 Å². The van der Waals surface area contributed by atoms with E-state index in [2.05, 4.69) is 10.2 Å². The van der Waals surface area contributed by atoms with E-state index >= 15 is 0 Å². The predicted molar refractivity (Wildman–Crippen MR) is 105 cm³/mol. The SMILES string of the molecule is COc1ccc(S(=O)(=O)N2CCN(CCNC(=O)c3cccs3)CC2)cc1. The molecule has 1 amide bonds. The lowest BCUT2D eigenvalue weighted by Gasteiger charge is -2.33. The Morgan fingerprint density at radius 1 is 1.15 bits per heavy atom. The highest BCUT2D eigenvalue weighted by Crippen LogP contribution is 2.20. The van der Waals surface area contributed by atoms with Gasteiger partial charge >= 0.3 is 0 Å². The topological polar surface area (TPSA) is 79.0 Å². The fourth-order valence-electron chi connectivity index (χ4n) is 2.91. The fraction of sp³-hybridized carbons (Fsp3) is 0.389. The number of piperazine rings is 1. The summed E-state index contributed by atoms with van der Waals surface area (Å²) in [6.07, 6.45) is 0. The largest absolute Gasteiger partial charge is 0.497 e. The molecule has 2 heterocycles. The maximum Gasteiger partial charge on any atom is 0.261 e. The molecule has 2 aromatic rings. The van der Waals surface area contributed by atoms with Gasteiger partial charge in [0.2, 0.25) is 10.0 Å². The third kappa shape index (κ3) is 4.86. The van der Waals surface area contributed by atoms with Crippen LogP contribution in [0.1, 0.15) is 9.67 Å². The van der Waals surface area contributed by atoms with Crippen molar-refractivity contribution in [3.63, 3.8) is 0 Å². The molecule has 0 saturated carbocycles. The van der Waals surface area contributed by atoms with Gasteiger partial charge in [0.25, 0.3) is 5.91 Å². The van der Waals surface area contributed by atoms with Crippen molar-refractivity contribution in [2.24, 2.45) is 0 Å². The molecule has 7 nitrogen and oxygen atoms in total. The quantitative estimate of drug-likeness (QED) is 0.750. The number of sulfonamides is 1. The highest BCUT2D eigenvalue weighted by Gasteiger charge is 2.28. The zero-order valence-corrected chi connectivity index (χ0v) is 16.8. The van der Waals surface area contributed by atoms with Crippen LogP contribution in [0, 0.1) is 0 Å². The van der Waals surface area contributed by atoms with Crippen molar-refractivity contribution in [3.05, 3.63) is 46.7 Å². The summed E-state index contributed by atoms with van der Waals surface area (Å²) in [5.41, 5.74) is 0. The Hall–Kier alpha value is -1.94. The van der Waals surface area contributed by atoms with Crippen LogP contribution in [0.3, 0.4) is 0 Å². The van der Waals surface area contributed by atoms with Crippen molar-refractivity contribution in [2.75, 3.05) is 46.4 Å². The number of ether oxygens (including phenoxy) is 1. The van der Waals surface area contributed by atoms with E-state index < -0.39 is 10.0 Å². The molecule has 146 valence electrons. The van der Waals surface area contributed by atoms with Gasteiger partial charge in [-0.3, -0.25) is 9.69 Å². The summed E-state index contributed by atoms with van der Waals surface area (Å²) in [4.78, 5) is 15.1. The van der Waals surface area contributed by atoms with Crippen LogP contribution in [-0.2, 0) is 10.0 Å². The molecule has 0 unspecified atom stereocenters. The van der Waals surface area contributed by atoms with Gasteiger partial charge in [-0.05, 0) is 35.7 Å². The summed E-state index contributed by atoms with van der Waals surface area (Å²) in [5, 5.41) is 4.77. The zero-order chi connectivity index (χ0) is 19.3. The number of benzene rings is 1. The number of hydrogen-bond acceptors (Lipinski definition) is 6. The molecule has 1 aromatic carbocycles. The Balaban J connectivity index is 1.47. The van der Waals surface area contributed by atoms with Gasteiger partial charge in [0.1, 0.15) is 5.75 Å². The van der Waals surface area contributed by atoms with Gasteiger partial charge in [0.05, 0.1) is 16.9 Å². The van der Waals surface area contributed by atoms with Crippen molar-refractivity contribution in [1.82, 2.24) is 14.5 Å². The first-order valence-corrected chi connectivity index (χ1v) is 11.0.